The van der Waals surface area contributed by atoms with Crippen LogP contribution in [0, 0.1) is 0 Å². The van der Waals surface area contributed by atoms with Crippen LogP contribution < -0.4 is 5.73 Å². The maximum absolute atomic E-state index is 5.21. The standard InChI is InChI=1S/C9H14N2S/c10-5-4-8-12-9-11-6-2-1-3-7-11/h2-7H,1,8-10H2. The second-order valence-electron chi connectivity index (χ2n) is 2.45. The van der Waals surface area contributed by atoms with Crippen LogP contribution >= 0.6 is 11.8 Å². The van der Waals surface area contributed by atoms with Gasteiger partial charge in [0.25, 0.3) is 0 Å². The second-order valence-corrected chi connectivity index (χ2v) is 3.45. The maximum Gasteiger partial charge on any atom is 0.0679 e. The lowest BCUT2D eigenvalue weighted by Gasteiger charge is -2.16. The van der Waals surface area contributed by atoms with E-state index >= 15 is 0 Å². The van der Waals surface area contributed by atoms with E-state index in [1.54, 1.807) is 6.20 Å². The van der Waals surface area contributed by atoms with Crippen molar-refractivity contribution in [3.63, 3.8) is 0 Å². The van der Waals surface area contributed by atoms with Crippen LogP contribution in [0.4, 0.5) is 0 Å². The van der Waals surface area contributed by atoms with Gasteiger partial charge in [-0.25, -0.2) is 0 Å². The van der Waals surface area contributed by atoms with Gasteiger partial charge in [0.2, 0.25) is 0 Å². The Bertz CT molecular complexity index is 185. The van der Waals surface area contributed by atoms with Gasteiger partial charge in [0.05, 0.1) is 5.88 Å². The van der Waals surface area contributed by atoms with E-state index in [4.69, 9.17) is 5.73 Å². The summed E-state index contributed by atoms with van der Waals surface area (Å²) in [6, 6.07) is 0. The van der Waals surface area contributed by atoms with Crippen molar-refractivity contribution >= 4 is 11.8 Å². The average Bonchev–Trinajstić information content (AvgIpc) is 2.14. The monoisotopic (exact) mass is 182 g/mol. The first kappa shape index (κ1) is 9.26. The van der Waals surface area contributed by atoms with E-state index in [1.807, 2.05) is 17.8 Å². The van der Waals surface area contributed by atoms with Gasteiger partial charge < -0.3 is 10.6 Å². The van der Waals surface area contributed by atoms with Gasteiger partial charge in [0.15, 0.2) is 0 Å². The van der Waals surface area contributed by atoms with Gasteiger partial charge in [0, 0.05) is 18.2 Å². The molecule has 3 heteroatoms. The van der Waals surface area contributed by atoms with E-state index in [2.05, 4.69) is 29.5 Å². The molecule has 1 rings (SSSR count). The summed E-state index contributed by atoms with van der Waals surface area (Å²) in [4.78, 5) is 2.17. The summed E-state index contributed by atoms with van der Waals surface area (Å²) in [7, 11) is 0. The first-order valence-corrected chi connectivity index (χ1v) is 5.12. The van der Waals surface area contributed by atoms with Gasteiger partial charge in [-0.15, -0.1) is 11.8 Å². The lowest BCUT2D eigenvalue weighted by molar-refractivity contribution is 0.590. The van der Waals surface area contributed by atoms with Crippen molar-refractivity contribution < 1.29 is 0 Å². The Morgan fingerprint density at radius 1 is 1.42 bits per heavy atom. The van der Waals surface area contributed by atoms with Crippen LogP contribution in [-0.2, 0) is 0 Å². The molecular formula is C9H14N2S. The SMILES string of the molecule is NC=CCSCN1C=CCC=C1. The Hall–Kier alpha value is -0.830. The molecule has 1 aliphatic rings. The molecule has 2 N–H and O–H groups in total. The number of thioether (sulfide) groups is 1. The highest BCUT2D eigenvalue weighted by Gasteiger charge is 1.95. The lowest BCUT2D eigenvalue weighted by Crippen LogP contribution is -2.10. The number of nitrogens with zero attached hydrogens (tertiary/aromatic N) is 1. The van der Waals surface area contributed by atoms with E-state index in [9.17, 15) is 0 Å². The molecular weight excluding hydrogens is 168 g/mol. The molecule has 0 aromatic heterocycles. The van der Waals surface area contributed by atoms with Gasteiger partial charge in [-0.3, -0.25) is 0 Å². The van der Waals surface area contributed by atoms with Gasteiger partial charge in [-0.2, -0.15) is 0 Å². The minimum Gasteiger partial charge on any atom is -0.405 e. The van der Waals surface area contributed by atoms with Crippen LogP contribution in [0.1, 0.15) is 6.42 Å². The van der Waals surface area contributed by atoms with Crippen molar-refractivity contribution in [3.8, 4) is 0 Å². The molecule has 0 aliphatic carbocycles. The molecule has 1 heterocycles. The summed E-state index contributed by atoms with van der Waals surface area (Å²) >= 11 is 1.84. The third kappa shape index (κ3) is 3.53. The highest BCUT2D eigenvalue weighted by atomic mass is 32.2. The first-order chi connectivity index (χ1) is 5.93. The summed E-state index contributed by atoms with van der Waals surface area (Å²) in [5, 5.41) is 0. The molecule has 0 radical (unpaired) electrons. The summed E-state index contributed by atoms with van der Waals surface area (Å²) < 4.78 is 0. The normalized spacial score (nSPS) is 16.2. The van der Waals surface area contributed by atoms with Crippen LogP contribution in [0.2, 0.25) is 0 Å². The molecule has 0 aromatic carbocycles. The van der Waals surface area contributed by atoms with Gasteiger partial charge in [0.1, 0.15) is 0 Å². The Morgan fingerprint density at radius 3 is 2.83 bits per heavy atom. The van der Waals surface area contributed by atoms with Crippen molar-refractivity contribution in [3.05, 3.63) is 36.8 Å². The molecule has 0 aromatic rings. The molecule has 0 unspecified atom stereocenters. The highest BCUT2D eigenvalue weighted by molar-refractivity contribution is 7.99. The minimum absolute atomic E-state index is 0.981. The predicted molar refractivity (Wildman–Crippen MR) is 55.4 cm³/mol. The predicted octanol–water partition coefficient (Wildman–Crippen LogP) is 1.88. The highest BCUT2D eigenvalue weighted by Crippen LogP contribution is 2.09. The molecule has 0 saturated carbocycles. The molecule has 1 aliphatic heterocycles. The Balaban J connectivity index is 2.10. The largest absolute Gasteiger partial charge is 0.405 e. The average molecular weight is 182 g/mol. The van der Waals surface area contributed by atoms with Crippen molar-refractivity contribution in [2.45, 2.75) is 6.42 Å². The first-order valence-electron chi connectivity index (χ1n) is 3.97. The fourth-order valence-electron chi connectivity index (χ4n) is 0.889. The maximum atomic E-state index is 5.21. The topological polar surface area (TPSA) is 29.3 Å². The molecule has 66 valence electrons. The van der Waals surface area contributed by atoms with E-state index in [-0.39, 0.29) is 0 Å². The third-order valence-corrected chi connectivity index (χ3v) is 2.37. The number of hydrogen-bond acceptors (Lipinski definition) is 3. The number of nitrogens with two attached hydrogens (primary N) is 1. The number of allylic oxidation sites excluding steroid dienone is 2. The van der Waals surface area contributed by atoms with Crippen LogP contribution in [0.15, 0.2) is 36.8 Å². The third-order valence-electron chi connectivity index (χ3n) is 1.46. The van der Waals surface area contributed by atoms with Crippen molar-refractivity contribution in [2.24, 2.45) is 5.73 Å². The number of hydrogen-bond donors (Lipinski definition) is 1. The van der Waals surface area contributed by atoms with Crippen LogP contribution in [0.3, 0.4) is 0 Å². The minimum atomic E-state index is 0.981. The van der Waals surface area contributed by atoms with Crippen LogP contribution in [0.5, 0.6) is 0 Å². The second kappa shape index (κ2) is 5.77. The summed E-state index contributed by atoms with van der Waals surface area (Å²) in [6.07, 6.45) is 13.1. The van der Waals surface area contributed by atoms with Crippen LogP contribution in [0.25, 0.3) is 0 Å². The van der Waals surface area contributed by atoms with Crippen molar-refractivity contribution in [1.82, 2.24) is 4.90 Å². The fourth-order valence-corrected chi connectivity index (χ4v) is 1.62. The summed E-state index contributed by atoms with van der Waals surface area (Å²) in [6.45, 7) is 0. The van der Waals surface area contributed by atoms with E-state index in [0.717, 1.165) is 18.1 Å². The molecule has 0 saturated heterocycles. The fraction of sp³-hybridized carbons (Fsp3) is 0.333. The number of rotatable bonds is 4. The van der Waals surface area contributed by atoms with E-state index in [1.165, 1.54) is 0 Å². The molecule has 0 spiro atoms. The van der Waals surface area contributed by atoms with Crippen LogP contribution in [-0.4, -0.2) is 16.5 Å². The zero-order chi connectivity index (χ0) is 8.65. The zero-order valence-electron chi connectivity index (χ0n) is 7.02. The van der Waals surface area contributed by atoms with Crippen molar-refractivity contribution in [2.75, 3.05) is 11.6 Å². The van der Waals surface area contributed by atoms with E-state index in [0.29, 0.717) is 0 Å². The summed E-state index contributed by atoms with van der Waals surface area (Å²) in [5.41, 5.74) is 5.21. The van der Waals surface area contributed by atoms with Crippen molar-refractivity contribution in [1.29, 1.82) is 0 Å². The molecule has 0 atom stereocenters. The summed E-state index contributed by atoms with van der Waals surface area (Å²) in [5.74, 6) is 1.98. The molecule has 0 bridgehead atoms. The zero-order valence-corrected chi connectivity index (χ0v) is 7.83. The Labute approximate surface area is 77.8 Å². The smallest absolute Gasteiger partial charge is 0.0679 e. The van der Waals surface area contributed by atoms with Gasteiger partial charge >= 0.3 is 0 Å². The quantitative estimate of drug-likeness (QED) is 0.673. The Kier molecular flexibility index (Phi) is 4.46. The van der Waals surface area contributed by atoms with Gasteiger partial charge in [-0.1, -0.05) is 18.2 Å². The van der Waals surface area contributed by atoms with Gasteiger partial charge in [-0.05, 0) is 12.6 Å². The molecule has 2 nitrogen and oxygen atoms in total. The molecule has 0 fully saturated rings. The molecule has 12 heavy (non-hydrogen) atoms. The lowest BCUT2D eigenvalue weighted by atomic mass is 10.3. The molecule has 0 amide bonds. The van der Waals surface area contributed by atoms with E-state index < -0.39 is 0 Å². The Morgan fingerprint density at radius 2 is 2.17 bits per heavy atom.